The lowest BCUT2D eigenvalue weighted by Gasteiger charge is -2.27. The minimum Gasteiger partial charge on any atom is -0.490 e. The van der Waals surface area contributed by atoms with Crippen LogP contribution in [0.4, 0.5) is 0 Å². The van der Waals surface area contributed by atoms with E-state index in [0.717, 1.165) is 36.3 Å². The van der Waals surface area contributed by atoms with Gasteiger partial charge in [-0.3, -0.25) is 4.79 Å². The number of nitrogens with one attached hydrogen (secondary N) is 1. The summed E-state index contributed by atoms with van der Waals surface area (Å²) in [6, 6.07) is 4.62. The lowest BCUT2D eigenvalue weighted by molar-refractivity contribution is -0.120. The van der Waals surface area contributed by atoms with Gasteiger partial charge >= 0.3 is 0 Å². The van der Waals surface area contributed by atoms with E-state index in [9.17, 15) is 4.79 Å². The van der Waals surface area contributed by atoms with Crippen LogP contribution in [-0.2, 0) is 22.4 Å². The summed E-state index contributed by atoms with van der Waals surface area (Å²) in [6.45, 7) is 9.38. The van der Waals surface area contributed by atoms with Crippen molar-refractivity contribution in [2.75, 3.05) is 19.8 Å². The molecular weight excluding hydrogens is 354 g/mol. The fourth-order valence-corrected chi connectivity index (χ4v) is 3.68. The van der Waals surface area contributed by atoms with E-state index < -0.39 is 6.10 Å². The Morgan fingerprint density at radius 1 is 1.18 bits per heavy atom. The quantitative estimate of drug-likeness (QED) is 0.661. The zero-order valence-electron chi connectivity index (χ0n) is 16.7. The molecule has 2 atom stereocenters. The predicted molar refractivity (Wildman–Crippen MR) is 110 cm³/mol. The summed E-state index contributed by atoms with van der Waals surface area (Å²) in [5.74, 6) is 1.61. The summed E-state index contributed by atoms with van der Waals surface area (Å²) in [6.07, 6.45) is 9.13. The number of benzene rings is 1. The Kier molecular flexibility index (Phi) is 6.93. The van der Waals surface area contributed by atoms with Gasteiger partial charge in [-0.15, -0.1) is 0 Å². The Morgan fingerprint density at radius 2 is 1.89 bits per heavy atom. The molecule has 1 aromatic carbocycles. The summed E-state index contributed by atoms with van der Waals surface area (Å²) in [5.41, 5.74) is 3.61. The Bertz CT molecular complexity index is 781. The molecule has 0 saturated carbocycles. The largest absolute Gasteiger partial charge is 0.490 e. The molecule has 0 bridgehead atoms. The van der Waals surface area contributed by atoms with Crippen LogP contribution >= 0.6 is 0 Å². The zero-order valence-corrected chi connectivity index (χ0v) is 16.7. The van der Waals surface area contributed by atoms with E-state index in [1.54, 1.807) is 12.2 Å². The minimum absolute atomic E-state index is 0.0435. The van der Waals surface area contributed by atoms with E-state index >= 15 is 0 Å². The fourth-order valence-electron chi connectivity index (χ4n) is 3.68. The molecule has 0 spiro atoms. The molecule has 5 heteroatoms. The molecule has 1 N–H and O–H groups in total. The van der Waals surface area contributed by atoms with Crippen LogP contribution in [0.1, 0.15) is 31.4 Å². The Balaban J connectivity index is 1.61. The number of ketones is 1. The van der Waals surface area contributed by atoms with Crippen LogP contribution in [0.2, 0.25) is 0 Å². The highest BCUT2D eigenvalue weighted by Gasteiger charge is 2.22. The number of ether oxygens (including phenoxy) is 3. The van der Waals surface area contributed by atoms with Gasteiger partial charge < -0.3 is 19.5 Å². The van der Waals surface area contributed by atoms with Gasteiger partial charge in [0.2, 0.25) is 0 Å². The lowest BCUT2D eigenvalue weighted by Crippen LogP contribution is -2.36. The van der Waals surface area contributed by atoms with Crippen LogP contribution in [0.25, 0.3) is 0 Å². The van der Waals surface area contributed by atoms with Gasteiger partial charge in [0.1, 0.15) is 0 Å². The van der Waals surface area contributed by atoms with E-state index in [-0.39, 0.29) is 5.78 Å². The first-order valence-corrected chi connectivity index (χ1v) is 9.98. The van der Waals surface area contributed by atoms with E-state index in [4.69, 9.17) is 14.2 Å². The summed E-state index contributed by atoms with van der Waals surface area (Å²) < 4.78 is 16.7. The number of aryl methyl sites for hydroxylation is 1. The van der Waals surface area contributed by atoms with Crippen LogP contribution in [0.3, 0.4) is 0 Å². The van der Waals surface area contributed by atoms with Crippen molar-refractivity contribution in [2.24, 2.45) is 0 Å². The summed E-state index contributed by atoms with van der Waals surface area (Å²) in [4.78, 5) is 12.0. The average Bonchev–Trinajstić information content (AvgIpc) is 2.69. The maximum absolute atomic E-state index is 12.0. The van der Waals surface area contributed by atoms with E-state index in [1.165, 1.54) is 17.4 Å². The molecule has 5 nitrogen and oxygen atoms in total. The third kappa shape index (κ3) is 4.84. The summed E-state index contributed by atoms with van der Waals surface area (Å²) in [5, 5.41) is 3.59. The molecule has 1 aromatic rings. The molecule has 2 unspecified atom stereocenters. The van der Waals surface area contributed by atoms with Crippen molar-refractivity contribution in [2.45, 2.75) is 45.3 Å². The van der Waals surface area contributed by atoms with Crippen LogP contribution < -0.4 is 14.8 Å². The SMILES string of the molecule is C=COC1C=CC(CNC2CCc3cc(OCC)c(OCC)cc3C2)=CC1=O. The third-order valence-corrected chi connectivity index (χ3v) is 5.02. The maximum Gasteiger partial charge on any atom is 0.200 e. The van der Waals surface area contributed by atoms with Crippen molar-refractivity contribution in [3.63, 3.8) is 0 Å². The molecule has 3 rings (SSSR count). The Hall–Kier alpha value is -2.53. The van der Waals surface area contributed by atoms with Gasteiger partial charge in [-0.25, -0.2) is 0 Å². The van der Waals surface area contributed by atoms with Crippen LogP contribution in [0.15, 0.2) is 48.8 Å². The minimum atomic E-state index is -0.542. The van der Waals surface area contributed by atoms with Gasteiger partial charge in [0.15, 0.2) is 23.4 Å². The van der Waals surface area contributed by atoms with Crippen molar-refractivity contribution >= 4 is 5.78 Å². The Labute approximate surface area is 167 Å². The molecule has 0 heterocycles. The van der Waals surface area contributed by atoms with Crippen molar-refractivity contribution < 1.29 is 19.0 Å². The van der Waals surface area contributed by atoms with E-state index in [1.807, 2.05) is 19.9 Å². The van der Waals surface area contributed by atoms with E-state index in [2.05, 4.69) is 24.0 Å². The molecule has 0 aliphatic heterocycles. The first-order chi connectivity index (χ1) is 13.6. The second-order valence-corrected chi connectivity index (χ2v) is 6.96. The highest BCUT2D eigenvalue weighted by atomic mass is 16.5. The van der Waals surface area contributed by atoms with Crippen LogP contribution in [0, 0.1) is 0 Å². The number of fused-ring (bicyclic) bond motifs is 1. The van der Waals surface area contributed by atoms with Gasteiger partial charge in [-0.05, 0) is 74.1 Å². The Morgan fingerprint density at radius 3 is 2.54 bits per heavy atom. The lowest BCUT2D eigenvalue weighted by atomic mass is 9.87. The van der Waals surface area contributed by atoms with Crippen molar-refractivity contribution in [3.8, 4) is 11.5 Å². The van der Waals surface area contributed by atoms with Crippen LogP contribution in [0.5, 0.6) is 11.5 Å². The number of carbonyl (C=O) groups is 1. The fraction of sp³-hybridized carbons (Fsp3) is 0.435. The average molecular weight is 383 g/mol. The van der Waals surface area contributed by atoms with Gasteiger partial charge in [-0.2, -0.15) is 0 Å². The normalized spacial score (nSPS) is 20.9. The molecule has 2 aliphatic carbocycles. The molecule has 0 radical (unpaired) electrons. The monoisotopic (exact) mass is 383 g/mol. The second-order valence-electron chi connectivity index (χ2n) is 6.96. The van der Waals surface area contributed by atoms with Gasteiger partial charge in [-0.1, -0.05) is 12.7 Å². The highest BCUT2D eigenvalue weighted by Crippen LogP contribution is 2.34. The molecule has 2 aliphatic rings. The van der Waals surface area contributed by atoms with Crippen molar-refractivity contribution in [3.05, 3.63) is 59.9 Å². The van der Waals surface area contributed by atoms with E-state index in [0.29, 0.717) is 25.8 Å². The summed E-state index contributed by atoms with van der Waals surface area (Å²) in [7, 11) is 0. The van der Waals surface area contributed by atoms with Crippen molar-refractivity contribution in [1.82, 2.24) is 5.32 Å². The molecule has 0 amide bonds. The third-order valence-electron chi connectivity index (χ3n) is 5.02. The first-order valence-electron chi connectivity index (χ1n) is 9.98. The molecule has 0 saturated heterocycles. The van der Waals surface area contributed by atoms with Gasteiger partial charge in [0.25, 0.3) is 0 Å². The smallest absolute Gasteiger partial charge is 0.200 e. The van der Waals surface area contributed by atoms with Gasteiger partial charge in [0.05, 0.1) is 19.5 Å². The van der Waals surface area contributed by atoms with Crippen LogP contribution in [-0.4, -0.2) is 37.7 Å². The van der Waals surface area contributed by atoms with Crippen molar-refractivity contribution in [1.29, 1.82) is 0 Å². The molecule has 0 fully saturated rings. The molecule has 28 heavy (non-hydrogen) atoms. The highest BCUT2D eigenvalue weighted by molar-refractivity contribution is 5.97. The number of hydrogen-bond acceptors (Lipinski definition) is 5. The number of hydrogen-bond donors (Lipinski definition) is 1. The molecule has 150 valence electrons. The predicted octanol–water partition coefficient (Wildman–Crippen LogP) is 3.52. The van der Waals surface area contributed by atoms with Gasteiger partial charge in [0, 0.05) is 12.6 Å². The zero-order chi connectivity index (χ0) is 19.9. The summed E-state index contributed by atoms with van der Waals surface area (Å²) >= 11 is 0. The maximum atomic E-state index is 12.0. The number of carbonyl (C=O) groups excluding carboxylic acids is 1. The number of rotatable bonds is 9. The second kappa shape index (κ2) is 9.60. The molecule has 0 aromatic heterocycles. The topological polar surface area (TPSA) is 56.8 Å². The standard InChI is InChI=1S/C23H29NO4/c1-4-26-21-10-7-16(11-20(21)25)15-24-19-9-8-17-13-22(27-5-2)23(28-6-3)14-18(17)12-19/h4,7,10-11,13-14,19,21,24H,1,5-6,8-9,12,15H2,2-3H3. The first kappa shape index (κ1) is 20.2. The molecular formula is C23H29NO4.